The molecule has 6 heteroatoms. The SMILES string of the molecule is COc1cccc(C=CC(=O)Nc2nc3ccccc3s2)c1OC. The Morgan fingerprint density at radius 1 is 1.12 bits per heavy atom. The molecule has 0 aliphatic rings. The summed E-state index contributed by atoms with van der Waals surface area (Å²) in [4.78, 5) is 16.5. The fraction of sp³-hybridized carbons (Fsp3) is 0.111. The number of benzene rings is 2. The molecule has 0 saturated carbocycles. The molecule has 5 nitrogen and oxygen atoms in total. The van der Waals surface area contributed by atoms with Gasteiger partial charge in [-0.3, -0.25) is 10.1 Å². The van der Waals surface area contributed by atoms with E-state index in [1.54, 1.807) is 26.4 Å². The number of carbonyl (C=O) groups is 1. The van der Waals surface area contributed by atoms with Gasteiger partial charge in [0.1, 0.15) is 0 Å². The minimum absolute atomic E-state index is 0.251. The van der Waals surface area contributed by atoms with Crippen molar-refractivity contribution in [2.24, 2.45) is 0 Å². The fourth-order valence-electron chi connectivity index (χ4n) is 2.28. The largest absolute Gasteiger partial charge is 0.493 e. The van der Waals surface area contributed by atoms with Crippen LogP contribution in [0.1, 0.15) is 5.56 Å². The summed E-state index contributed by atoms with van der Waals surface area (Å²) in [6.45, 7) is 0. The summed E-state index contributed by atoms with van der Waals surface area (Å²) in [5.41, 5.74) is 1.63. The summed E-state index contributed by atoms with van der Waals surface area (Å²) in [6, 6.07) is 13.2. The molecule has 0 atom stereocenters. The standard InChI is InChI=1S/C18H16N2O3S/c1-22-14-8-5-6-12(17(14)23-2)10-11-16(21)20-18-19-13-7-3-4-9-15(13)24-18/h3-11H,1-2H3,(H,19,20,21). The molecule has 0 aliphatic heterocycles. The van der Waals surface area contributed by atoms with E-state index in [1.165, 1.54) is 17.4 Å². The number of carbonyl (C=O) groups excluding carboxylic acids is 1. The van der Waals surface area contributed by atoms with E-state index < -0.39 is 0 Å². The molecular weight excluding hydrogens is 324 g/mol. The average molecular weight is 340 g/mol. The molecule has 1 N–H and O–H groups in total. The van der Waals surface area contributed by atoms with Crippen molar-refractivity contribution in [3.05, 3.63) is 54.1 Å². The highest BCUT2D eigenvalue weighted by Crippen LogP contribution is 2.31. The summed E-state index contributed by atoms with van der Waals surface area (Å²) in [5.74, 6) is 0.953. The molecule has 0 bridgehead atoms. The normalized spacial score (nSPS) is 10.9. The van der Waals surface area contributed by atoms with Gasteiger partial charge >= 0.3 is 0 Å². The summed E-state index contributed by atoms with van der Waals surface area (Å²) in [5, 5.41) is 3.35. The van der Waals surface area contributed by atoms with E-state index in [9.17, 15) is 4.79 Å². The zero-order chi connectivity index (χ0) is 16.9. The van der Waals surface area contributed by atoms with Crippen LogP contribution in [0.3, 0.4) is 0 Å². The van der Waals surface area contributed by atoms with E-state index in [0.29, 0.717) is 16.6 Å². The van der Waals surface area contributed by atoms with Gasteiger partial charge in [0, 0.05) is 11.6 Å². The van der Waals surface area contributed by atoms with Crippen molar-refractivity contribution in [1.29, 1.82) is 0 Å². The number of rotatable bonds is 5. The zero-order valence-corrected chi connectivity index (χ0v) is 14.1. The number of hydrogen-bond acceptors (Lipinski definition) is 5. The summed E-state index contributed by atoms with van der Waals surface area (Å²) >= 11 is 1.44. The molecule has 3 aromatic rings. The van der Waals surface area contributed by atoms with Crippen molar-refractivity contribution in [2.45, 2.75) is 0 Å². The van der Waals surface area contributed by atoms with Crippen molar-refractivity contribution < 1.29 is 14.3 Å². The second-order valence-corrected chi connectivity index (χ2v) is 5.92. The molecule has 1 amide bonds. The Bertz CT molecular complexity index is 869. The number of nitrogens with zero attached hydrogens (tertiary/aromatic N) is 1. The predicted octanol–water partition coefficient (Wildman–Crippen LogP) is 3.97. The molecule has 0 unspecified atom stereocenters. The number of thiazole rings is 1. The number of para-hydroxylation sites is 2. The Labute approximate surface area is 143 Å². The van der Waals surface area contributed by atoms with Gasteiger partial charge < -0.3 is 9.47 Å². The van der Waals surface area contributed by atoms with Crippen molar-refractivity contribution in [3.63, 3.8) is 0 Å². The Balaban J connectivity index is 1.76. The minimum Gasteiger partial charge on any atom is -0.493 e. The van der Waals surface area contributed by atoms with Gasteiger partial charge in [0.25, 0.3) is 0 Å². The number of fused-ring (bicyclic) bond motifs is 1. The van der Waals surface area contributed by atoms with Crippen LogP contribution in [0, 0.1) is 0 Å². The first kappa shape index (κ1) is 16.0. The summed E-state index contributed by atoms with van der Waals surface area (Å²) < 4.78 is 11.6. The van der Waals surface area contributed by atoms with Crippen LogP contribution in [0.25, 0.3) is 16.3 Å². The molecular formula is C18H16N2O3S. The first-order valence-electron chi connectivity index (χ1n) is 7.27. The van der Waals surface area contributed by atoms with Gasteiger partial charge in [-0.25, -0.2) is 4.98 Å². The number of anilines is 1. The lowest BCUT2D eigenvalue weighted by molar-refractivity contribution is -0.111. The average Bonchev–Trinajstić information content (AvgIpc) is 3.01. The van der Waals surface area contributed by atoms with Crippen LogP contribution in [0.5, 0.6) is 11.5 Å². The first-order chi connectivity index (χ1) is 11.7. The van der Waals surface area contributed by atoms with Crippen LogP contribution in [-0.4, -0.2) is 25.1 Å². The van der Waals surface area contributed by atoms with Gasteiger partial charge in [-0.1, -0.05) is 35.6 Å². The van der Waals surface area contributed by atoms with Crippen molar-refractivity contribution in [2.75, 3.05) is 19.5 Å². The minimum atomic E-state index is -0.251. The number of ether oxygens (including phenoxy) is 2. The van der Waals surface area contributed by atoms with Crippen LogP contribution in [0.2, 0.25) is 0 Å². The molecule has 3 rings (SSSR count). The summed E-state index contributed by atoms with van der Waals surface area (Å²) in [7, 11) is 3.14. The fourth-order valence-corrected chi connectivity index (χ4v) is 3.15. The van der Waals surface area contributed by atoms with E-state index in [2.05, 4.69) is 10.3 Å². The maximum atomic E-state index is 12.1. The lowest BCUT2D eigenvalue weighted by Crippen LogP contribution is -2.07. The zero-order valence-electron chi connectivity index (χ0n) is 13.3. The van der Waals surface area contributed by atoms with Crippen molar-refractivity contribution >= 4 is 38.7 Å². The van der Waals surface area contributed by atoms with Gasteiger partial charge in [0.2, 0.25) is 5.91 Å². The maximum Gasteiger partial charge on any atom is 0.250 e. The molecule has 122 valence electrons. The van der Waals surface area contributed by atoms with Crippen LogP contribution in [0.4, 0.5) is 5.13 Å². The highest BCUT2D eigenvalue weighted by molar-refractivity contribution is 7.22. The topological polar surface area (TPSA) is 60.5 Å². The lowest BCUT2D eigenvalue weighted by Gasteiger charge is -2.09. The molecule has 1 heterocycles. The van der Waals surface area contributed by atoms with Gasteiger partial charge in [0.05, 0.1) is 24.4 Å². The van der Waals surface area contributed by atoms with Gasteiger partial charge in [-0.15, -0.1) is 0 Å². The monoisotopic (exact) mass is 340 g/mol. The number of amides is 1. The van der Waals surface area contributed by atoms with Crippen LogP contribution >= 0.6 is 11.3 Å². The highest BCUT2D eigenvalue weighted by Gasteiger charge is 2.08. The van der Waals surface area contributed by atoms with Gasteiger partial charge in [-0.2, -0.15) is 0 Å². The highest BCUT2D eigenvalue weighted by atomic mass is 32.1. The Kier molecular flexibility index (Phi) is 4.77. The van der Waals surface area contributed by atoms with Gasteiger partial charge in [0.15, 0.2) is 16.6 Å². The lowest BCUT2D eigenvalue weighted by atomic mass is 10.1. The van der Waals surface area contributed by atoms with Crippen LogP contribution < -0.4 is 14.8 Å². The number of hydrogen-bond donors (Lipinski definition) is 1. The smallest absolute Gasteiger partial charge is 0.250 e. The first-order valence-corrected chi connectivity index (χ1v) is 8.08. The molecule has 0 fully saturated rings. The van der Waals surface area contributed by atoms with Crippen molar-refractivity contribution in [3.8, 4) is 11.5 Å². The van der Waals surface area contributed by atoms with Crippen molar-refractivity contribution in [1.82, 2.24) is 4.98 Å². The third-order valence-electron chi connectivity index (χ3n) is 3.37. The van der Waals surface area contributed by atoms with E-state index in [1.807, 2.05) is 36.4 Å². The predicted molar refractivity (Wildman–Crippen MR) is 96.8 cm³/mol. The van der Waals surface area contributed by atoms with E-state index in [-0.39, 0.29) is 5.91 Å². The van der Waals surface area contributed by atoms with Crippen LogP contribution in [0.15, 0.2) is 48.5 Å². The molecule has 0 radical (unpaired) electrons. The number of methoxy groups -OCH3 is 2. The van der Waals surface area contributed by atoms with E-state index in [0.717, 1.165) is 15.8 Å². The molecule has 24 heavy (non-hydrogen) atoms. The Morgan fingerprint density at radius 2 is 1.96 bits per heavy atom. The molecule has 0 saturated heterocycles. The third kappa shape index (κ3) is 3.38. The third-order valence-corrected chi connectivity index (χ3v) is 4.32. The van der Waals surface area contributed by atoms with E-state index >= 15 is 0 Å². The molecule has 2 aromatic carbocycles. The van der Waals surface area contributed by atoms with Gasteiger partial charge in [-0.05, 0) is 24.3 Å². The number of nitrogens with one attached hydrogen (secondary N) is 1. The van der Waals surface area contributed by atoms with E-state index in [4.69, 9.17) is 9.47 Å². The summed E-state index contributed by atoms with van der Waals surface area (Å²) in [6.07, 6.45) is 3.13. The maximum absolute atomic E-state index is 12.1. The molecule has 1 aromatic heterocycles. The molecule has 0 spiro atoms. The Morgan fingerprint density at radius 3 is 2.71 bits per heavy atom. The number of aromatic nitrogens is 1. The molecule has 0 aliphatic carbocycles. The second-order valence-electron chi connectivity index (χ2n) is 4.89. The second kappa shape index (κ2) is 7.14. The Hall–Kier alpha value is -2.86. The quantitative estimate of drug-likeness (QED) is 0.714. The van der Waals surface area contributed by atoms with Crippen LogP contribution in [-0.2, 0) is 4.79 Å².